The highest BCUT2D eigenvalue weighted by Gasteiger charge is 2.23. The van der Waals surface area contributed by atoms with E-state index in [0.717, 1.165) is 29.3 Å². The van der Waals surface area contributed by atoms with Crippen LogP contribution >= 0.6 is 0 Å². The maximum Gasteiger partial charge on any atom is 0.328 e. The number of benzene rings is 1. The largest absolute Gasteiger partial charge is 0.467 e. The second-order valence-corrected chi connectivity index (χ2v) is 9.91. The number of nitrogens with one attached hydrogen (secondary N) is 2. The van der Waals surface area contributed by atoms with Gasteiger partial charge < -0.3 is 15.0 Å². The van der Waals surface area contributed by atoms with Crippen molar-refractivity contribution in [2.45, 2.75) is 122 Å². The summed E-state index contributed by atoms with van der Waals surface area (Å²) in [4.78, 5) is 28.0. The zero-order valence-corrected chi connectivity index (χ0v) is 22.2. The van der Waals surface area contributed by atoms with Crippen molar-refractivity contribution in [3.05, 3.63) is 36.0 Å². The third-order valence-corrected chi connectivity index (χ3v) is 6.93. The molecule has 2 N–H and O–H groups in total. The molecule has 35 heavy (non-hydrogen) atoms. The molecular formula is C30H48N2O3. The van der Waals surface area contributed by atoms with E-state index >= 15 is 0 Å². The summed E-state index contributed by atoms with van der Waals surface area (Å²) in [5, 5.41) is 3.96. The van der Waals surface area contributed by atoms with Gasteiger partial charge in [-0.05, 0) is 18.1 Å². The van der Waals surface area contributed by atoms with E-state index in [1.54, 1.807) is 0 Å². The Bertz CT molecular complexity index is 845. The van der Waals surface area contributed by atoms with Crippen molar-refractivity contribution >= 4 is 22.8 Å². The van der Waals surface area contributed by atoms with Crippen LogP contribution in [0.25, 0.3) is 10.9 Å². The Hall–Kier alpha value is -2.30. The molecular weight excluding hydrogens is 436 g/mol. The zero-order chi connectivity index (χ0) is 25.1. The van der Waals surface area contributed by atoms with Crippen LogP contribution in [-0.4, -0.2) is 30.0 Å². The first-order chi connectivity index (χ1) is 17.2. The standard InChI is InChI=1S/C30H48N2O3/c1-3-4-5-6-7-8-9-10-11-12-13-14-15-16-17-22-29(33)32-28(30(34)35-2)23-25-24-31-27-21-19-18-20-26(25)27/h18-21,24,28,31H,3-17,22-23H2,1-2H3,(H,32,33). The van der Waals surface area contributed by atoms with E-state index in [4.69, 9.17) is 4.74 Å². The summed E-state index contributed by atoms with van der Waals surface area (Å²) in [6.07, 6.45) is 22.3. The highest BCUT2D eigenvalue weighted by atomic mass is 16.5. The van der Waals surface area contributed by atoms with Crippen molar-refractivity contribution in [1.82, 2.24) is 10.3 Å². The lowest BCUT2D eigenvalue weighted by Crippen LogP contribution is -2.42. The molecule has 5 nitrogen and oxygen atoms in total. The number of amides is 1. The fourth-order valence-electron chi connectivity index (χ4n) is 4.78. The maximum absolute atomic E-state index is 12.5. The molecule has 0 spiro atoms. The number of aromatic nitrogens is 1. The van der Waals surface area contributed by atoms with Gasteiger partial charge in [-0.15, -0.1) is 0 Å². The maximum atomic E-state index is 12.5. The molecule has 0 aliphatic heterocycles. The topological polar surface area (TPSA) is 71.2 Å². The molecule has 1 unspecified atom stereocenters. The normalized spacial score (nSPS) is 12.1. The summed E-state index contributed by atoms with van der Waals surface area (Å²) in [7, 11) is 1.37. The van der Waals surface area contributed by atoms with Crippen LogP contribution in [0.1, 0.15) is 115 Å². The molecule has 0 fully saturated rings. The average Bonchev–Trinajstić information content (AvgIpc) is 3.28. The van der Waals surface area contributed by atoms with Crippen molar-refractivity contribution in [1.29, 1.82) is 0 Å². The van der Waals surface area contributed by atoms with Gasteiger partial charge in [-0.1, -0.05) is 115 Å². The molecule has 2 aromatic rings. The molecule has 1 aromatic carbocycles. The number of unbranched alkanes of at least 4 members (excludes halogenated alkanes) is 14. The van der Waals surface area contributed by atoms with E-state index in [1.807, 2.05) is 30.5 Å². The van der Waals surface area contributed by atoms with Gasteiger partial charge in [0.1, 0.15) is 6.04 Å². The van der Waals surface area contributed by atoms with Crippen molar-refractivity contribution in [3.63, 3.8) is 0 Å². The smallest absolute Gasteiger partial charge is 0.328 e. The minimum Gasteiger partial charge on any atom is -0.467 e. The van der Waals surface area contributed by atoms with Gasteiger partial charge in [0.2, 0.25) is 5.91 Å². The summed E-state index contributed by atoms with van der Waals surface area (Å²) in [5.74, 6) is -0.477. The van der Waals surface area contributed by atoms with E-state index in [2.05, 4.69) is 17.2 Å². The molecule has 5 heteroatoms. The predicted molar refractivity (Wildman–Crippen MR) is 145 cm³/mol. The Labute approximate surface area is 212 Å². The van der Waals surface area contributed by atoms with Gasteiger partial charge >= 0.3 is 5.97 Å². The molecule has 0 bridgehead atoms. The van der Waals surface area contributed by atoms with Crippen LogP contribution in [0.5, 0.6) is 0 Å². The molecule has 1 amide bonds. The molecule has 1 atom stereocenters. The van der Waals surface area contributed by atoms with Gasteiger partial charge in [0.25, 0.3) is 0 Å². The molecule has 0 aliphatic carbocycles. The monoisotopic (exact) mass is 484 g/mol. The molecule has 196 valence electrons. The summed E-state index contributed by atoms with van der Waals surface area (Å²) < 4.78 is 4.94. The van der Waals surface area contributed by atoms with Gasteiger partial charge in [-0.3, -0.25) is 4.79 Å². The lowest BCUT2D eigenvalue weighted by atomic mass is 10.0. The Balaban J connectivity index is 1.52. The fourth-order valence-corrected chi connectivity index (χ4v) is 4.78. The number of carbonyl (C=O) groups is 2. The third kappa shape index (κ3) is 11.8. The Morgan fingerprint density at radius 3 is 1.94 bits per heavy atom. The minimum atomic E-state index is -0.664. The molecule has 0 aliphatic rings. The molecule has 1 heterocycles. The quantitative estimate of drug-likeness (QED) is 0.150. The van der Waals surface area contributed by atoms with Gasteiger partial charge in [-0.25, -0.2) is 4.79 Å². The summed E-state index contributed by atoms with van der Waals surface area (Å²) in [6.45, 7) is 2.27. The predicted octanol–water partition coefficient (Wildman–Crippen LogP) is 7.63. The first-order valence-corrected chi connectivity index (χ1v) is 14.1. The minimum absolute atomic E-state index is 0.0741. The molecule has 2 rings (SSSR count). The van der Waals surface area contributed by atoms with Crippen LogP contribution in [0.2, 0.25) is 0 Å². The number of rotatable bonds is 20. The molecule has 1 aromatic heterocycles. The first-order valence-electron chi connectivity index (χ1n) is 14.1. The van der Waals surface area contributed by atoms with Crippen molar-refractivity contribution in [3.8, 4) is 0 Å². The highest BCUT2D eigenvalue weighted by molar-refractivity contribution is 5.87. The van der Waals surface area contributed by atoms with Crippen LogP contribution in [0.4, 0.5) is 0 Å². The second kappa shape index (κ2) is 18.0. The fraction of sp³-hybridized carbons (Fsp3) is 0.667. The van der Waals surface area contributed by atoms with Crippen LogP contribution in [0, 0.1) is 0 Å². The number of ether oxygens (including phenoxy) is 1. The molecule has 0 saturated heterocycles. The lowest BCUT2D eigenvalue weighted by molar-refractivity contribution is -0.145. The van der Waals surface area contributed by atoms with E-state index in [9.17, 15) is 9.59 Å². The van der Waals surface area contributed by atoms with Crippen molar-refractivity contribution in [2.24, 2.45) is 0 Å². The zero-order valence-electron chi connectivity index (χ0n) is 22.2. The van der Waals surface area contributed by atoms with Crippen LogP contribution in [0.15, 0.2) is 30.5 Å². The highest BCUT2D eigenvalue weighted by Crippen LogP contribution is 2.19. The third-order valence-electron chi connectivity index (χ3n) is 6.93. The number of carbonyl (C=O) groups excluding carboxylic acids is 2. The number of para-hydroxylation sites is 1. The number of esters is 1. The molecule has 0 saturated carbocycles. The summed E-state index contributed by atoms with van der Waals surface area (Å²) in [5.41, 5.74) is 2.03. The Morgan fingerprint density at radius 2 is 1.37 bits per heavy atom. The van der Waals surface area contributed by atoms with E-state index in [1.165, 1.54) is 90.6 Å². The van der Waals surface area contributed by atoms with E-state index in [-0.39, 0.29) is 5.91 Å². The number of fused-ring (bicyclic) bond motifs is 1. The average molecular weight is 485 g/mol. The van der Waals surface area contributed by atoms with Crippen LogP contribution in [-0.2, 0) is 20.7 Å². The van der Waals surface area contributed by atoms with E-state index in [0.29, 0.717) is 12.8 Å². The van der Waals surface area contributed by atoms with Crippen molar-refractivity contribution < 1.29 is 14.3 Å². The van der Waals surface area contributed by atoms with Gasteiger partial charge in [-0.2, -0.15) is 0 Å². The summed E-state index contributed by atoms with van der Waals surface area (Å²) in [6, 6.07) is 7.30. The first kappa shape index (κ1) is 28.9. The van der Waals surface area contributed by atoms with Crippen LogP contribution in [0.3, 0.4) is 0 Å². The number of methoxy groups -OCH3 is 1. The lowest BCUT2D eigenvalue weighted by Gasteiger charge is -2.16. The van der Waals surface area contributed by atoms with Gasteiger partial charge in [0, 0.05) is 29.9 Å². The number of aromatic amines is 1. The Morgan fingerprint density at radius 1 is 0.829 bits per heavy atom. The van der Waals surface area contributed by atoms with Gasteiger partial charge in [0.05, 0.1) is 7.11 Å². The van der Waals surface area contributed by atoms with Gasteiger partial charge in [0.15, 0.2) is 0 Å². The second-order valence-electron chi connectivity index (χ2n) is 9.91. The van der Waals surface area contributed by atoms with Crippen LogP contribution < -0.4 is 5.32 Å². The summed E-state index contributed by atoms with van der Waals surface area (Å²) >= 11 is 0. The number of H-pyrrole nitrogens is 1. The SMILES string of the molecule is CCCCCCCCCCCCCCCCCC(=O)NC(Cc1c[nH]c2ccccc12)C(=O)OC. The number of hydrogen-bond acceptors (Lipinski definition) is 3. The van der Waals surface area contributed by atoms with E-state index < -0.39 is 12.0 Å². The molecule has 0 radical (unpaired) electrons. The van der Waals surface area contributed by atoms with Crippen molar-refractivity contribution in [2.75, 3.05) is 7.11 Å². The Kier molecular flexibility index (Phi) is 14.9. The number of hydrogen-bond donors (Lipinski definition) is 2.